The lowest BCUT2D eigenvalue weighted by atomic mass is 10.1. The fraction of sp³-hybridized carbons (Fsp3) is 0.125. The standard InChI is InChI=1S/C16H10F3NO3/c1-8-5-6-9(7-11(8)16(17,18)19)20-14(22)10-3-2-4-12(21)13(10)15(20)23/h2-7,21H,1H3. The van der Waals surface area contributed by atoms with Crippen LogP contribution in [-0.4, -0.2) is 16.9 Å². The molecule has 0 unspecified atom stereocenters. The van der Waals surface area contributed by atoms with E-state index < -0.39 is 23.6 Å². The van der Waals surface area contributed by atoms with Crippen LogP contribution in [0.15, 0.2) is 36.4 Å². The van der Waals surface area contributed by atoms with E-state index in [2.05, 4.69) is 0 Å². The highest BCUT2D eigenvalue weighted by Crippen LogP contribution is 2.37. The number of halogens is 3. The number of benzene rings is 2. The summed E-state index contributed by atoms with van der Waals surface area (Å²) in [6, 6.07) is 7.19. The predicted octanol–water partition coefficient (Wildman–Crippen LogP) is 3.52. The number of nitrogens with zero attached hydrogens (tertiary/aromatic N) is 1. The van der Waals surface area contributed by atoms with Gasteiger partial charge in [0.1, 0.15) is 5.75 Å². The first-order valence-corrected chi connectivity index (χ1v) is 6.60. The number of imide groups is 1. The highest BCUT2D eigenvalue weighted by Gasteiger charge is 2.40. The largest absolute Gasteiger partial charge is 0.507 e. The summed E-state index contributed by atoms with van der Waals surface area (Å²) in [6.07, 6.45) is -4.60. The number of carbonyl (C=O) groups excluding carboxylic acids is 2. The van der Waals surface area contributed by atoms with Crippen LogP contribution in [0.3, 0.4) is 0 Å². The molecule has 1 aliphatic rings. The van der Waals surface area contributed by atoms with Gasteiger partial charge in [0.2, 0.25) is 0 Å². The van der Waals surface area contributed by atoms with Crippen LogP contribution in [0, 0.1) is 6.92 Å². The van der Waals surface area contributed by atoms with E-state index in [1.54, 1.807) is 0 Å². The van der Waals surface area contributed by atoms with Crippen molar-refractivity contribution in [1.29, 1.82) is 0 Å². The van der Waals surface area contributed by atoms with Crippen LogP contribution in [0.4, 0.5) is 18.9 Å². The van der Waals surface area contributed by atoms with Crippen molar-refractivity contribution in [3.63, 3.8) is 0 Å². The number of fused-ring (bicyclic) bond motifs is 1. The molecule has 0 saturated carbocycles. The molecule has 2 aromatic rings. The average molecular weight is 321 g/mol. The lowest BCUT2D eigenvalue weighted by molar-refractivity contribution is -0.138. The second kappa shape index (κ2) is 4.84. The maximum atomic E-state index is 13.0. The molecular weight excluding hydrogens is 311 g/mol. The van der Waals surface area contributed by atoms with E-state index in [0.29, 0.717) is 4.90 Å². The molecule has 0 aromatic heterocycles. The van der Waals surface area contributed by atoms with E-state index in [0.717, 1.165) is 6.07 Å². The van der Waals surface area contributed by atoms with E-state index in [1.807, 2.05) is 0 Å². The zero-order valence-corrected chi connectivity index (χ0v) is 11.8. The lowest BCUT2D eigenvalue weighted by Gasteiger charge is -2.17. The minimum Gasteiger partial charge on any atom is -0.507 e. The summed E-state index contributed by atoms with van der Waals surface area (Å²) < 4.78 is 39.0. The van der Waals surface area contributed by atoms with Crippen LogP contribution in [0.2, 0.25) is 0 Å². The molecule has 23 heavy (non-hydrogen) atoms. The second-order valence-electron chi connectivity index (χ2n) is 5.14. The van der Waals surface area contributed by atoms with Crippen molar-refractivity contribution in [2.24, 2.45) is 0 Å². The monoisotopic (exact) mass is 321 g/mol. The zero-order chi connectivity index (χ0) is 16.9. The van der Waals surface area contributed by atoms with Gasteiger partial charge in [0, 0.05) is 0 Å². The number of carbonyl (C=O) groups is 2. The first kappa shape index (κ1) is 15.1. The molecule has 1 heterocycles. The van der Waals surface area contributed by atoms with Crippen molar-refractivity contribution >= 4 is 17.5 Å². The molecule has 0 aliphatic carbocycles. The number of aromatic hydroxyl groups is 1. The van der Waals surface area contributed by atoms with E-state index in [9.17, 15) is 27.9 Å². The molecule has 1 N–H and O–H groups in total. The Morgan fingerprint density at radius 3 is 2.35 bits per heavy atom. The summed E-state index contributed by atoms with van der Waals surface area (Å²) in [4.78, 5) is 25.3. The molecule has 0 fully saturated rings. The number of rotatable bonds is 1. The fourth-order valence-electron chi connectivity index (χ4n) is 2.56. The number of aryl methyl sites for hydroxylation is 1. The molecule has 7 heteroatoms. The Morgan fingerprint density at radius 1 is 1.04 bits per heavy atom. The van der Waals surface area contributed by atoms with Crippen LogP contribution in [0.5, 0.6) is 5.75 Å². The number of alkyl halides is 3. The van der Waals surface area contributed by atoms with Gasteiger partial charge in [0.05, 0.1) is 22.4 Å². The first-order chi connectivity index (χ1) is 10.7. The van der Waals surface area contributed by atoms with Crippen LogP contribution in [-0.2, 0) is 6.18 Å². The van der Waals surface area contributed by atoms with Crippen LogP contribution < -0.4 is 4.90 Å². The van der Waals surface area contributed by atoms with Crippen molar-refractivity contribution in [1.82, 2.24) is 0 Å². The maximum Gasteiger partial charge on any atom is 0.416 e. The second-order valence-corrected chi connectivity index (χ2v) is 5.14. The Bertz CT molecular complexity index is 843. The first-order valence-electron chi connectivity index (χ1n) is 6.60. The number of hydrogen-bond acceptors (Lipinski definition) is 3. The van der Waals surface area contributed by atoms with Gasteiger partial charge >= 0.3 is 6.18 Å². The molecular formula is C16H10F3NO3. The van der Waals surface area contributed by atoms with E-state index in [-0.39, 0.29) is 28.1 Å². The topological polar surface area (TPSA) is 57.6 Å². The Hall–Kier alpha value is -2.83. The third-order valence-electron chi connectivity index (χ3n) is 3.68. The Kier molecular flexibility index (Phi) is 3.17. The van der Waals surface area contributed by atoms with Crippen molar-refractivity contribution in [2.45, 2.75) is 13.1 Å². The number of hydrogen-bond donors (Lipinski definition) is 1. The third kappa shape index (κ3) is 2.25. The molecule has 0 atom stereocenters. The van der Waals surface area contributed by atoms with E-state index >= 15 is 0 Å². The summed E-state index contributed by atoms with van der Waals surface area (Å²) in [5.41, 5.74) is -1.36. The van der Waals surface area contributed by atoms with Gasteiger partial charge in [0.25, 0.3) is 11.8 Å². The Labute approximate surface area is 128 Å². The number of amides is 2. The van der Waals surface area contributed by atoms with Crippen molar-refractivity contribution in [3.8, 4) is 5.75 Å². The number of anilines is 1. The Balaban J connectivity index is 2.13. The third-order valence-corrected chi connectivity index (χ3v) is 3.68. The highest BCUT2D eigenvalue weighted by molar-refractivity contribution is 6.35. The number of phenolic OH excluding ortho intramolecular Hbond substituents is 1. The van der Waals surface area contributed by atoms with Crippen LogP contribution >= 0.6 is 0 Å². The maximum absolute atomic E-state index is 13.0. The minimum absolute atomic E-state index is 0.0132. The van der Waals surface area contributed by atoms with Crippen molar-refractivity contribution in [3.05, 3.63) is 58.7 Å². The Morgan fingerprint density at radius 2 is 1.74 bits per heavy atom. The normalized spacial score (nSPS) is 14.3. The SMILES string of the molecule is Cc1ccc(N2C(=O)c3cccc(O)c3C2=O)cc1C(F)(F)F. The van der Waals surface area contributed by atoms with Crippen molar-refractivity contribution < 1.29 is 27.9 Å². The zero-order valence-electron chi connectivity index (χ0n) is 11.8. The molecule has 0 saturated heterocycles. The lowest BCUT2D eigenvalue weighted by Crippen LogP contribution is -2.29. The molecule has 2 amide bonds. The van der Waals surface area contributed by atoms with Gasteiger partial charge in [-0.05, 0) is 36.8 Å². The summed E-state index contributed by atoms with van der Waals surface area (Å²) in [7, 11) is 0. The molecule has 2 aromatic carbocycles. The van der Waals surface area contributed by atoms with Gasteiger partial charge in [-0.3, -0.25) is 9.59 Å². The molecule has 0 radical (unpaired) electrons. The summed E-state index contributed by atoms with van der Waals surface area (Å²) in [6.45, 7) is 1.29. The highest BCUT2D eigenvalue weighted by atomic mass is 19.4. The number of phenols is 1. The fourth-order valence-corrected chi connectivity index (χ4v) is 2.56. The van der Waals surface area contributed by atoms with Gasteiger partial charge in [0.15, 0.2) is 0 Å². The van der Waals surface area contributed by atoms with Gasteiger partial charge in [-0.15, -0.1) is 0 Å². The van der Waals surface area contributed by atoms with Gasteiger partial charge in [-0.1, -0.05) is 12.1 Å². The molecule has 118 valence electrons. The van der Waals surface area contributed by atoms with Gasteiger partial charge in [-0.2, -0.15) is 13.2 Å². The van der Waals surface area contributed by atoms with Gasteiger partial charge < -0.3 is 5.11 Å². The molecule has 1 aliphatic heterocycles. The minimum atomic E-state index is -4.60. The smallest absolute Gasteiger partial charge is 0.416 e. The average Bonchev–Trinajstić information content (AvgIpc) is 2.72. The summed E-state index contributed by atoms with van der Waals surface area (Å²) in [5, 5.41) is 9.73. The molecule has 4 nitrogen and oxygen atoms in total. The quantitative estimate of drug-likeness (QED) is 0.818. The predicted molar refractivity (Wildman–Crippen MR) is 75.4 cm³/mol. The summed E-state index contributed by atoms with van der Waals surface area (Å²) in [5.74, 6) is -2.00. The van der Waals surface area contributed by atoms with E-state index in [4.69, 9.17) is 0 Å². The van der Waals surface area contributed by atoms with Crippen molar-refractivity contribution in [2.75, 3.05) is 4.90 Å². The van der Waals surface area contributed by atoms with E-state index in [1.165, 1.54) is 37.3 Å². The van der Waals surface area contributed by atoms with Crippen LogP contribution in [0.1, 0.15) is 31.8 Å². The molecule has 3 rings (SSSR count). The molecule has 0 bridgehead atoms. The summed E-state index contributed by atoms with van der Waals surface area (Å²) >= 11 is 0. The molecule has 0 spiro atoms. The van der Waals surface area contributed by atoms with Crippen LogP contribution in [0.25, 0.3) is 0 Å². The van der Waals surface area contributed by atoms with Gasteiger partial charge in [-0.25, -0.2) is 4.90 Å².